The number of rotatable bonds is 8. The Morgan fingerprint density at radius 3 is 2.63 bits per heavy atom. The molecule has 0 amide bonds. The van der Waals surface area contributed by atoms with Crippen molar-refractivity contribution in [2.24, 2.45) is 0 Å². The number of thioether (sulfide) groups is 2. The summed E-state index contributed by atoms with van der Waals surface area (Å²) in [5.41, 5.74) is 0. The van der Waals surface area contributed by atoms with Crippen LogP contribution in [-0.2, 0) is 9.53 Å². The fourth-order valence-corrected chi connectivity index (χ4v) is 3.80. The van der Waals surface area contributed by atoms with Crippen molar-refractivity contribution in [1.29, 1.82) is 0 Å². The first-order valence-electron chi connectivity index (χ1n) is 5.99. The van der Waals surface area contributed by atoms with Gasteiger partial charge in [-0.1, -0.05) is 48.7 Å². The normalized spacial score (nSPS) is 12.7. The van der Waals surface area contributed by atoms with Crippen LogP contribution in [0.2, 0.25) is 0 Å². The van der Waals surface area contributed by atoms with Crippen molar-refractivity contribution in [2.45, 2.75) is 41.5 Å². The molecule has 1 rings (SSSR count). The fourth-order valence-electron chi connectivity index (χ4n) is 1.32. The van der Waals surface area contributed by atoms with Gasteiger partial charge in [0.2, 0.25) is 0 Å². The van der Waals surface area contributed by atoms with Gasteiger partial charge < -0.3 is 10.1 Å². The van der Waals surface area contributed by atoms with E-state index < -0.39 is 0 Å². The highest BCUT2D eigenvalue weighted by molar-refractivity contribution is 8.03. The van der Waals surface area contributed by atoms with E-state index >= 15 is 0 Å². The predicted molar refractivity (Wildman–Crippen MR) is 81.1 cm³/mol. The molecule has 0 aromatic carbocycles. The Kier molecular flexibility index (Phi) is 7.74. The largest absolute Gasteiger partial charge is 0.465 e. The van der Waals surface area contributed by atoms with Crippen LogP contribution in [0, 0.1) is 0 Å². The van der Waals surface area contributed by atoms with Gasteiger partial charge in [0.25, 0.3) is 0 Å². The van der Waals surface area contributed by atoms with Crippen LogP contribution in [0.15, 0.2) is 8.68 Å². The molecule has 108 valence electrons. The molecule has 0 radical (unpaired) electrons. The van der Waals surface area contributed by atoms with Crippen molar-refractivity contribution in [1.82, 2.24) is 15.5 Å². The van der Waals surface area contributed by atoms with Gasteiger partial charge in [-0.3, -0.25) is 4.79 Å². The van der Waals surface area contributed by atoms with Crippen LogP contribution in [-0.4, -0.2) is 46.9 Å². The van der Waals surface area contributed by atoms with E-state index in [0.29, 0.717) is 12.4 Å². The number of hydrogen-bond donors (Lipinski definition) is 1. The van der Waals surface area contributed by atoms with E-state index in [1.54, 1.807) is 23.1 Å². The number of carbonyl (C=O) groups is 1. The topological polar surface area (TPSA) is 64.1 Å². The third kappa shape index (κ3) is 6.11. The first kappa shape index (κ1) is 16.7. The van der Waals surface area contributed by atoms with Crippen molar-refractivity contribution < 1.29 is 9.53 Å². The highest BCUT2D eigenvalue weighted by Crippen LogP contribution is 2.27. The van der Waals surface area contributed by atoms with Crippen LogP contribution in [0.25, 0.3) is 0 Å². The SMILES string of the molecule is CCOC(=O)C(CSc1nnc(SC)s1)NC(C)C. The zero-order chi connectivity index (χ0) is 14.3. The van der Waals surface area contributed by atoms with Gasteiger partial charge in [0.15, 0.2) is 8.68 Å². The minimum Gasteiger partial charge on any atom is -0.465 e. The molecule has 1 heterocycles. The highest BCUT2D eigenvalue weighted by atomic mass is 32.2. The lowest BCUT2D eigenvalue weighted by molar-refractivity contribution is -0.145. The van der Waals surface area contributed by atoms with E-state index in [0.717, 1.165) is 8.68 Å². The molecule has 0 aliphatic carbocycles. The summed E-state index contributed by atoms with van der Waals surface area (Å²) in [6, 6.07) is -0.0854. The summed E-state index contributed by atoms with van der Waals surface area (Å²) < 4.78 is 6.88. The molecule has 5 nitrogen and oxygen atoms in total. The molecule has 1 N–H and O–H groups in total. The van der Waals surface area contributed by atoms with Crippen LogP contribution in [0.5, 0.6) is 0 Å². The summed E-state index contributed by atoms with van der Waals surface area (Å²) in [4.78, 5) is 11.8. The van der Waals surface area contributed by atoms with Crippen molar-refractivity contribution in [3.8, 4) is 0 Å². The van der Waals surface area contributed by atoms with Crippen molar-refractivity contribution >= 4 is 40.8 Å². The van der Waals surface area contributed by atoms with Gasteiger partial charge in [-0.15, -0.1) is 10.2 Å². The van der Waals surface area contributed by atoms with Gasteiger partial charge in [-0.25, -0.2) is 0 Å². The Morgan fingerprint density at radius 1 is 1.42 bits per heavy atom. The lowest BCUT2D eigenvalue weighted by Gasteiger charge is -2.18. The Hall–Kier alpha value is -0.310. The smallest absolute Gasteiger partial charge is 0.324 e. The van der Waals surface area contributed by atoms with Gasteiger partial charge in [0.05, 0.1) is 6.61 Å². The Morgan fingerprint density at radius 2 is 2.11 bits per heavy atom. The van der Waals surface area contributed by atoms with Crippen molar-refractivity contribution in [3.63, 3.8) is 0 Å². The number of carbonyl (C=O) groups excluding carboxylic acids is 1. The van der Waals surface area contributed by atoms with E-state index in [1.807, 2.05) is 27.0 Å². The molecule has 0 spiro atoms. The molecular formula is C11H19N3O2S3. The lowest BCUT2D eigenvalue weighted by atomic mass is 10.3. The van der Waals surface area contributed by atoms with Crippen LogP contribution in [0.3, 0.4) is 0 Å². The Balaban J connectivity index is 2.54. The molecule has 1 unspecified atom stereocenters. The standard InChI is InChI=1S/C11H19N3O2S3/c1-5-16-9(15)8(12-7(2)3)6-18-11-14-13-10(17-4)19-11/h7-8,12H,5-6H2,1-4H3. The maximum Gasteiger partial charge on any atom is 0.324 e. The molecule has 0 saturated carbocycles. The minimum atomic E-state index is -0.313. The van der Waals surface area contributed by atoms with Crippen LogP contribution < -0.4 is 5.32 Å². The first-order chi connectivity index (χ1) is 9.06. The van der Waals surface area contributed by atoms with E-state index in [1.165, 1.54) is 11.8 Å². The van der Waals surface area contributed by atoms with Crippen molar-refractivity contribution in [3.05, 3.63) is 0 Å². The second-order valence-corrected chi connectivity index (χ2v) is 7.27. The molecule has 0 fully saturated rings. The molecule has 0 aliphatic rings. The maximum atomic E-state index is 11.8. The summed E-state index contributed by atoms with van der Waals surface area (Å²) in [5.74, 6) is 0.387. The molecule has 1 atom stereocenters. The van der Waals surface area contributed by atoms with Crippen LogP contribution >= 0.6 is 34.9 Å². The third-order valence-corrected chi connectivity index (χ3v) is 5.17. The van der Waals surface area contributed by atoms with Crippen molar-refractivity contribution in [2.75, 3.05) is 18.6 Å². The fraction of sp³-hybridized carbons (Fsp3) is 0.727. The summed E-state index contributed by atoms with van der Waals surface area (Å²) in [6.45, 7) is 6.23. The predicted octanol–water partition coefficient (Wildman–Crippen LogP) is 2.28. The second-order valence-electron chi connectivity index (χ2n) is 3.98. The zero-order valence-electron chi connectivity index (χ0n) is 11.5. The monoisotopic (exact) mass is 321 g/mol. The first-order valence-corrected chi connectivity index (χ1v) is 9.02. The quantitative estimate of drug-likeness (QED) is 0.582. The van der Waals surface area contributed by atoms with Crippen LogP contribution in [0.4, 0.5) is 0 Å². The summed E-state index contributed by atoms with van der Waals surface area (Å²) in [7, 11) is 0. The average Bonchev–Trinajstić information content (AvgIpc) is 2.82. The number of aromatic nitrogens is 2. The number of nitrogens with one attached hydrogen (secondary N) is 1. The van der Waals surface area contributed by atoms with Gasteiger partial charge >= 0.3 is 5.97 Å². The summed E-state index contributed by atoms with van der Waals surface area (Å²) in [5, 5.41) is 11.3. The molecule has 0 saturated heterocycles. The number of ether oxygens (including phenoxy) is 1. The molecule has 0 aliphatic heterocycles. The van der Waals surface area contributed by atoms with E-state index in [-0.39, 0.29) is 18.1 Å². The van der Waals surface area contributed by atoms with Gasteiger partial charge in [0, 0.05) is 11.8 Å². The lowest BCUT2D eigenvalue weighted by Crippen LogP contribution is -2.43. The summed E-state index contributed by atoms with van der Waals surface area (Å²) >= 11 is 4.65. The molecule has 19 heavy (non-hydrogen) atoms. The van der Waals surface area contributed by atoms with Gasteiger partial charge in [-0.2, -0.15) is 0 Å². The van der Waals surface area contributed by atoms with E-state index in [4.69, 9.17) is 4.74 Å². The van der Waals surface area contributed by atoms with E-state index in [2.05, 4.69) is 15.5 Å². The number of esters is 1. The Bertz CT molecular complexity index is 398. The van der Waals surface area contributed by atoms with Gasteiger partial charge in [0.1, 0.15) is 6.04 Å². The summed E-state index contributed by atoms with van der Waals surface area (Å²) in [6.07, 6.45) is 1.97. The minimum absolute atomic E-state index is 0.210. The number of hydrogen-bond acceptors (Lipinski definition) is 8. The average molecular weight is 321 g/mol. The van der Waals surface area contributed by atoms with E-state index in [9.17, 15) is 4.79 Å². The number of nitrogens with zero attached hydrogens (tertiary/aromatic N) is 2. The zero-order valence-corrected chi connectivity index (χ0v) is 14.0. The molecule has 1 aromatic heterocycles. The third-order valence-electron chi connectivity index (χ3n) is 2.04. The molecule has 0 bridgehead atoms. The van der Waals surface area contributed by atoms with Gasteiger partial charge in [-0.05, 0) is 13.2 Å². The molecule has 8 heteroatoms. The Labute approximate surface area is 126 Å². The molecule has 1 aromatic rings. The van der Waals surface area contributed by atoms with Crippen LogP contribution in [0.1, 0.15) is 20.8 Å². The highest BCUT2D eigenvalue weighted by Gasteiger charge is 2.21. The second kappa shape index (κ2) is 8.78. The maximum absolute atomic E-state index is 11.8. The molecular weight excluding hydrogens is 302 g/mol.